The molecule has 2 aromatic rings. The van der Waals surface area contributed by atoms with Gasteiger partial charge in [0, 0.05) is 12.1 Å². The molecular weight excluding hydrogens is 264 g/mol. The summed E-state index contributed by atoms with van der Waals surface area (Å²) in [5.74, 6) is -2.04. The van der Waals surface area contributed by atoms with Crippen LogP contribution in [0.25, 0.3) is 0 Å². The van der Waals surface area contributed by atoms with E-state index in [0.29, 0.717) is 10.3 Å². The summed E-state index contributed by atoms with van der Waals surface area (Å²) >= 11 is 0. The predicted octanol–water partition coefficient (Wildman–Crippen LogP) is 0.196. The first-order valence-corrected chi connectivity index (χ1v) is 5.67. The van der Waals surface area contributed by atoms with E-state index in [1.807, 2.05) is 0 Å². The van der Waals surface area contributed by atoms with Crippen molar-refractivity contribution in [3.63, 3.8) is 0 Å². The Morgan fingerprint density at radius 1 is 1.05 bits per heavy atom. The lowest BCUT2D eigenvalue weighted by molar-refractivity contribution is -0.117. The molecule has 0 spiro atoms. The van der Waals surface area contributed by atoms with Crippen LogP contribution in [0.15, 0.2) is 36.4 Å². The van der Waals surface area contributed by atoms with Gasteiger partial charge in [0.1, 0.15) is 0 Å². The Morgan fingerprint density at radius 3 is 2.10 bits per heavy atom. The summed E-state index contributed by atoms with van der Waals surface area (Å²) in [5, 5.41) is 18.7. The minimum absolute atomic E-state index is 0.0779. The summed E-state index contributed by atoms with van der Waals surface area (Å²) in [5.41, 5.74) is 5.92. The molecule has 0 saturated heterocycles. The largest absolute Gasteiger partial charge is 0.492 e. The van der Waals surface area contributed by atoms with Crippen molar-refractivity contribution >= 4 is 11.9 Å². The number of nitrogens with two attached hydrogens (primary N) is 1. The van der Waals surface area contributed by atoms with Crippen LogP contribution in [0.3, 0.4) is 0 Å². The average molecular weight is 276 g/mol. The highest BCUT2D eigenvalue weighted by Gasteiger charge is 2.14. The Kier molecular flexibility index (Phi) is 3.60. The highest BCUT2D eigenvalue weighted by atomic mass is 16.7. The zero-order valence-corrected chi connectivity index (χ0v) is 10.3. The predicted molar refractivity (Wildman–Crippen MR) is 68.0 cm³/mol. The summed E-state index contributed by atoms with van der Waals surface area (Å²) < 4.78 is 0.597. The Bertz CT molecular complexity index is 626. The van der Waals surface area contributed by atoms with Crippen LogP contribution in [0.5, 0.6) is 11.8 Å². The van der Waals surface area contributed by atoms with Crippen LogP contribution < -0.4 is 10.6 Å². The second-order valence-corrected chi connectivity index (χ2v) is 4.06. The molecule has 0 saturated carbocycles. The van der Waals surface area contributed by atoms with E-state index in [-0.39, 0.29) is 12.0 Å². The highest BCUT2D eigenvalue weighted by Crippen LogP contribution is 2.19. The van der Waals surface area contributed by atoms with Crippen molar-refractivity contribution in [3.05, 3.63) is 47.5 Å². The number of carbonyl (C=O) groups is 2. The molecule has 2 rings (SSSR count). The normalized spacial score (nSPS) is 10.2. The molecule has 0 aliphatic heterocycles. The third kappa shape index (κ3) is 2.89. The van der Waals surface area contributed by atoms with E-state index in [4.69, 9.17) is 10.6 Å². The van der Waals surface area contributed by atoms with Crippen molar-refractivity contribution < 1.29 is 24.6 Å². The molecule has 20 heavy (non-hydrogen) atoms. The number of rotatable bonds is 4. The molecule has 0 aliphatic carbocycles. The second-order valence-electron chi connectivity index (χ2n) is 4.06. The first kappa shape index (κ1) is 13.5. The van der Waals surface area contributed by atoms with Gasteiger partial charge in [0.05, 0.1) is 12.0 Å². The quantitative estimate of drug-likeness (QED) is 0.737. The zero-order valence-electron chi connectivity index (χ0n) is 10.3. The van der Waals surface area contributed by atoms with Gasteiger partial charge in [-0.15, -0.1) is 4.73 Å². The minimum atomic E-state index is -0.766. The number of amides is 1. The number of hydrogen-bond donors (Lipinski definition) is 3. The maximum atomic E-state index is 11.8. The van der Waals surface area contributed by atoms with Crippen molar-refractivity contribution in [2.45, 2.75) is 6.42 Å². The van der Waals surface area contributed by atoms with Crippen LogP contribution >= 0.6 is 0 Å². The van der Waals surface area contributed by atoms with Gasteiger partial charge in [-0.05, 0) is 17.7 Å². The van der Waals surface area contributed by atoms with Crippen LogP contribution in [0, 0.1) is 0 Å². The van der Waals surface area contributed by atoms with Gasteiger partial charge in [0.25, 0.3) is 0 Å². The number of aromatic hydroxyl groups is 2. The summed E-state index contributed by atoms with van der Waals surface area (Å²) in [7, 11) is 0. The van der Waals surface area contributed by atoms with E-state index >= 15 is 0 Å². The van der Waals surface area contributed by atoms with Crippen molar-refractivity contribution in [2.24, 2.45) is 5.73 Å². The van der Waals surface area contributed by atoms with E-state index in [0.717, 1.165) is 0 Å². The Hall–Kier alpha value is -2.96. The van der Waals surface area contributed by atoms with E-state index in [9.17, 15) is 19.8 Å². The van der Waals surface area contributed by atoms with Gasteiger partial charge in [-0.1, -0.05) is 12.1 Å². The first-order valence-electron chi connectivity index (χ1n) is 5.67. The number of primary amides is 1. The lowest BCUT2D eigenvalue weighted by Gasteiger charge is -2.07. The lowest BCUT2D eigenvalue weighted by atomic mass is 10.1. The molecule has 104 valence electrons. The molecule has 0 bridgehead atoms. The highest BCUT2D eigenvalue weighted by molar-refractivity contribution is 5.90. The third-order valence-corrected chi connectivity index (χ3v) is 2.54. The molecule has 4 N–H and O–H groups in total. The average Bonchev–Trinajstić information content (AvgIpc) is 2.70. The molecule has 1 aromatic heterocycles. The van der Waals surface area contributed by atoms with Crippen molar-refractivity contribution in [1.29, 1.82) is 0 Å². The topological polar surface area (TPSA) is 115 Å². The van der Waals surface area contributed by atoms with Crippen LogP contribution in [0.2, 0.25) is 0 Å². The molecule has 1 amide bonds. The van der Waals surface area contributed by atoms with E-state index < -0.39 is 23.6 Å². The molecular formula is C13H12N2O5. The standard InChI is InChI=1S/C13H12N2O5/c14-10(16)7-8-1-3-9(4-2-8)13(19)20-15-11(17)5-6-12(15)18/h1-6,17-18H,7H2,(H2,14,16). The first-order chi connectivity index (χ1) is 9.47. The number of aromatic nitrogens is 1. The van der Waals surface area contributed by atoms with Crippen molar-refractivity contribution in [1.82, 2.24) is 4.73 Å². The molecule has 7 heteroatoms. The molecule has 0 radical (unpaired) electrons. The van der Waals surface area contributed by atoms with Gasteiger partial charge in [0.2, 0.25) is 17.7 Å². The van der Waals surface area contributed by atoms with Crippen LogP contribution in [0.1, 0.15) is 15.9 Å². The maximum Gasteiger partial charge on any atom is 0.363 e. The van der Waals surface area contributed by atoms with Gasteiger partial charge in [-0.25, -0.2) is 4.79 Å². The summed E-state index contributed by atoms with van der Waals surface area (Å²) in [4.78, 5) is 27.3. The smallest absolute Gasteiger partial charge is 0.363 e. The molecule has 0 fully saturated rings. The second kappa shape index (κ2) is 5.35. The van der Waals surface area contributed by atoms with Gasteiger partial charge in [0.15, 0.2) is 0 Å². The van der Waals surface area contributed by atoms with E-state index in [2.05, 4.69) is 0 Å². The van der Waals surface area contributed by atoms with Gasteiger partial charge >= 0.3 is 5.97 Å². The van der Waals surface area contributed by atoms with Crippen molar-refractivity contribution in [3.8, 4) is 11.8 Å². The molecule has 0 atom stereocenters. The fourth-order valence-electron chi connectivity index (χ4n) is 1.59. The van der Waals surface area contributed by atoms with Crippen LogP contribution in [0.4, 0.5) is 0 Å². The van der Waals surface area contributed by atoms with Crippen molar-refractivity contribution in [2.75, 3.05) is 0 Å². The fourth-order valence-corrected chi connectivity index (χ4v) is 1.59. The Labute approximate surface area is 113 Å². The number of carbonyl (C=O) groups excluding carboxylic acids is 2. The SMILES string of the molecule is NC(=O)Cc1ccc(C(=O)On2c(O)ccc2O)cc1. The Balaban J connectivity index is 2.12. The zero-order chi connectivity index (χ0) is 14.7. The van der Waals surface area contributed by atoms with Crippen LogP contribution in [-0.4, -0.2) is 26.8 Å². The van der Waals surface area contributed by atoms with Gasteiger partial charge in [-0.3, -0.25) is 4.79 Å². The fraction of sp³-hybridized carbons (Fsp3) is 0.0769. The summed E-state index contributed by atoms with van der Waals surface area (Å²) in [6.07, 6.45) is 0.0779. The van der Waals surface area contributed by atoms with Gasteiger partial charge < -0.3 is 20.8 Å². The summed E-state index contributed by atoms with van der Waals surface area (Å²) in [6.45, 7) is 0. The number of hydrogen-bond acceptors (Lipinski definition) is 5. The monoisotopic (exact) mass is 276 g/mol. The molecule has 1 aromatic carbocycles. The molecule has 0 aliphatic rings. The summed E-state index contributed by atoms with van der Waals surface area (Å²) in [6, 6.07) is 8.40. The van der Waals surface area contributed by atoms with E-state index in [1.54, 1.807) is 12.1 Å². The van der Waals surface area contributed by atoms with E-state index in [1.165, 1.54) is 24.3 Å². The lowest BCUT2D eigenvalue weighted by Crippen LogP contribution is -2.19. The molecule has 7 nitrogen and oxygen atoms in total. The minimum Gasteiger partial charge on any atom is -0.492 e. The molecule has 0 unspecified atom stereocenters. The number of nitrogens with zero attached hydrogens (tertiary/aromatic N) is 1. The van der Waals surface area contributed by atoms with Gasteiger partial charge in [-0.2, -0.15) is 0 Å². The Morgan fingerprint density at radius 2 is 1.60 bits per heavy atom. The third-order valence-electron chi connectivity index (χ3n) is 2.54. The maximum absolute atomic E-state index is 11.8. The van der Waals surface area contributed by atoms with Crippen LogP contribution in [-0.2, 0) is 11.2 Å². The number of benzene rings is 1. The molecule has 1 heterocycles.